The second kappa shape index (κ2) is 5.86. The van der Waals surface area contributed by atoms with Crippen LogP contribution < -0.4 is 10.6 Å². The van der Waals surface area contributed by atoms with Crippen LogP contribution in [0.2, 0.25) is 0 Å². The molecule has 0 amide bonds. The van der Waals surface area contributed by atoms with Gasteiger partial charge in [-0.05, 0) is 19.9 Å². The van der Waals surface area contributed by atoms with Gasteiger partial charge in [0.15, 0.2) is 0 Å². The van der Waals surface area contributed by atoms with Crippen molar-refractivity contribution >= 4 is 21.2 Å². The maximum atomic E-state index is 11.1. The van der Waals surface area contributed by atoms with Crippen molar-refractivity contribution in [2.24, 2.45) is 0 Å². The van der Waals surface area contributed by atoms with Gasteiger partial charge >= 0.3 is 0 Å². The molecule has 0 fully saturated rings. The average Bonchev–Trinajstić information content (AvgIpc) is 2.15. The fraction of sp³-hybridized carbons (Fsp3) is 0.545. The van der Waals surface area contributed by atoms with Gasteiger partial charge in [0.25, 0.3) is 0 Å². The van der Waals surface area contributed by atoms with Crippen LogP contribution in [0.5, 0.6) is 0 Å². The average molecular weight is 257 g/mol. The van der Waals surface area contributed by atoms with Crippen molar-refractivity contribution in [3.63, 3.8) is 0 Å². The van der Waals surface area contributed by atoms with Crippen LogP contribution in [0.4, 0.5) is 11.4 Å². The van der Waals surface area contributed by atoms with Crippen molar-refractivity contribution in [2.75, 3.05) is 29.2 Å². The Kier molecular flexibility index (Phi) is 4.74. The fourth-order valence-corrected chi connectivity index (χ4v) is 2.59. The molecule has 0 saturated carbocycles. The molecule has 1 rings (SSSR count). The third-order valence-electron chi connectivity index (χ3n) is 2.08. The van der Waals surface area contributed by atoms with Gasteiger partial charge in [-0.1, -0.05) is 0 Å². The largest absolute Gasteiger partial charge is 0.384 e. The van der Waals surface area contributed by atoms with E-state index in [1.54, 1.807) is 12.4 Å². The van der Waals surface area contributed by atoms with E-state index in [1.807, 2.05) is 19.9 Å². The van der Waals surface area contributed by atoms with Crippen molar-refractivity contribution in [1.29, 1.82) is 0 Å². The lowest BCUT2D eigenvalue weighted by atomic mass is 10.3. The zero-order valence-electron chi connectivity index (χ0n) is 10.4. The Morgan fingerprint density at radius 1 is 1.35 bits per heavy atom. The van der Waals surface area contributed by atoms with Gasteiger partial charge in [-0.25, -0.2) is 8.42 Å². The monoisotopic (exact) mass is 257 g/mol. The molecular formula is C11H19N3O2S. The SMILES string of the molecule is CCNc1cncc(NC(C)CS(C)(=O)=O)c1. The van der Waals surface area contributed by atoms with Crippen LogP contribution in [0.1, 0.15) is 13.8 Å². The summed E-state index contributed by atoms with van der Waals surface area (Å²) >= 11 is 0. The van der Waals surface area contributed by atoms with Crippen molar-refractivity contribution in [2.45, 2.75) is 19.9 Å². The van der Waals surface area contributed by atoms with Gasteiger partial charge in [0.05, 0.1) is 29.5 Å². The van der Waals surface area contributed by atoms with Crippen LogP contribution in [-0.4, -0.2) is 38.0 Å². The Morgan fingerprint density at radius 3 is 2.59 bits per heavy atom. The molecule has 5 nitrogen and oxygen atoms in total. The number of nitrogens with zero attached hydrogens (tertiary/aromatic N) is 1. The molecular weight excluding hydrogens is 238 g/mol. The third kappa shape index (κ3) is 5.53. The highest BCUT2D eigenvalue weighted by Gasteiger charge is 2.10. The number of hydrogen-bond acceptors (Lipinski definition) is 5. The highest BCUT2D eigenvalue weighted by Crippen LogP contribution is 2.13. The standard InChI is InChI=1S/C11H19N3O2S/c1-4-13-10-5-11(7-12-6-10)14-9(2)8-17(3,15)16/h5-7,9,13-14H,4,8H2,1-3H3. The van der Waals surface area contributed by atoms with E-state index >= 15 is 0 Å². The maximum Gasteiger partial charge on any atom is 0.149 e. The zero-order chi connectivity index (χ0) is 12.9. The van der Waals surface area contributed by atoms with E-state index in [2.05, 4.69) is 15.6 Å². The third-order valence-corrected chi connectivity index (χ3v) is 3.19. The number of nitrogens with one attached hydrogen (secondary N) is 2. The molecule has 0 aliphatic carbocycles. The molecule has 6 heteroatoms. The van der Waals surface area contributed by atoms with Crippen molar-refractivity contribution in [1.82, 2.24) is 4.98 Å². The predicted molar refractivity (Wildman–Crippen MR) is 71.2 cm³/mol. The van der Waals surface area contributed by atoms with Crippen LogP contribution in [-0.2, 0) is 9.84 Å². The van der Waals surface area contributed by atoms with Gasteiger partial charge in [-0.3, -0.25) is 4.98 Å². The topological polar surface area (TPSA) is 71.1 Å². The second-order valence-corrected chi connectivity index (χ2v) is 6.32. The van der Waals surface area contributed by atoms with Gasteiger partial charge in [0, 0.05) is 18.8 Å². The molecule has 0 bridgehead atoms. The minimum atomic E-state index is -2.96. The van der Waals surface area contributed by atoms with Gasteiger partial charge in [0.1, 0.15) is 9.84 Å². The Morgan fingerprint density at radius 2 is 2.00 bits per heavy atom. The molecule has 96 valence electrons. The quantitative estimate of drug-likeness (QED) is 0.805. The Bertz CT molecular complexity index is 460. The van der Waals surface area contributed by atoms with Gasteiger partial charge in [-0.2, -0.15) is 0 Å². The fourth-order valence-electron chi connectivity index (χ4n) is 1.60. The molecule has 0 aromatic carbocycles. The number of pyridine rings is 1. The molecule has 2 N–H and O–H groups in total. The van der Waals surface area contributed by atoms with E-state index in [9.17, 15) is 8.42 Å². The molecule has 1 aromatic rings. The zero-order valence-corrected chi connectivity index (χ0v) is 11.2. The van der Waals surface area contributed by atoms with E-state index in [1.165, 1.54) is 6.26 Å². The summed E-state index contributed by atoms with van der Waals surface area (Å²) in [7, 11) is -2.96. The molecule has 0 aliphatic heterocycles. The summed E-state index contributed by atoms with van der Waals surface area (Å²) in [5, 5.41) is 6.26. The molecule has 17 heavy (non-hydrogen) atoms. The van der Waals surface area contributed by atoms with Crippen molar-refractivity contribution < 1.29 is 8.42 Å². The van der Waals surface area contributed by atoms with Crippen LogP contribution in [0.3, 0.4) is 0 Å². The molecule has 0 radical (unpaired) electrons. The summed E-state index contributed by atoms with van der Waals surface area (Å²) in [4.78, 5) is 4.08. The molecule has 0 aliphatic rings. The summed E-state index contributed by atoms with van der Waals surface area (Å²) in [5.74, 6) is 0.110. The van der Waals surface area contributed by atoms with Gasteiger partial charge < -0.3 is 10.6 Å². The number of rotatable bonds is 6. The van der Waals surface area contributed by atoms with Crippen LogP contribution in [0.15, 0.2) is 18.5 Å². The Balaban J connectivity index is 2.65. The molecule has 1 heterocycles. The van der Waals surface area contributed by atoms with Crippen LogP contribution in [0.25, 0.3) is 0 Å². The number of aromatic nitrogens is 1. The summed E-state index contributed by atoms with van der Waals surface area (Å²) in [6.45, 7) is 4.66. The van der Waals surface area contributed by atoms with Gasteiger partial charge in [-0.15, -0.1) is 0 Å². The summed E-state index contributed by atoms with van der Waals surface area (Å²) in [6.07, 6.45) is 4.65. The summed E-state index contributed by atoms with van der Waals surface area (Å²) in [6, 6.07) is 1.78. The van der Waals surface area contributed by atoms with E-state index < -0.39 is 9.84 Å². The number of anilines is 2. The smallest absolute Gasteiger partial charge is 0.149 e. The first-order chi connectivity index (χ1) is 7.90. The van der Waals surface area contributed by atoms with Crippen LogP contribution in [0, 0.1) is 0 Å². The van der Waals surface area contributed by atoms with Crippen LogP contribution >= 0.6 is 0 Å². The predicted octanol–water partition coefficient (Wildman–Crippen LogP) is 1.36. The highest BCUT2D eigenvalue weighted by atomic mass is 32.2. The van der Waals surface area contributed by atoms with Crippen molar-refractivity contribution in [3.05, 3.63) is 18.5 Å². The first-order valence-corrected chi connectivity index (χ1v) is 7.60. The Hall–Kier alpha value is -1.30. The van der Waals surface area contributed by atoms with E-state index in [4.69, 9.17) is 0 Å². The minimum Gasteiger partial charge on any atom is -0.384 e. The molecule has 0 spiro atoms. The first kappa shape index (κ1) is 13.8. The summed E-state index contributed by atoms with van der Waals surface area (Å²) in [5.41, 5.74) is 1.74. The van der Waals surface area contributed by atoms with Gasteiger partial charge in [0.2, 0.25) is 0 Å². The molecule has 1 atom stereocenters. The lowest BCUT2D eigenvalue weighted by Gasteiger charge is -2.14. The van der Waals surface area contributed by atoms with E-state index in [-0.39, 0.29) is 11.8 Å². The number of sulfone groups is 1. The van der Waals surface area contributed by atoms with Crippen molar-refractivity contribution in [3.8, 4) is 0 Å². The highest BCUT2D eigenvalue weighted by molar-refractivity contribution is 7.90. The first-order valence-electron chi connectivity index (χ1n) is 5.54. The van der Waals surface area contributed by atoms with E-state index in [0.29, 0.717) is 0 Å². The summed E-state index contributed by atoms with van der Waals surface area (Å²) < 4.78 is 22.3. The number of hydrogen-bond donors (Lipinski definition) is 2. The molecule has 1 aromatic heterocycles. The lowest BCUT2D eigenvalue weighted by Crippen LogP contribution is -2.25. The lowest BCUT2D eigenvalue weighted by molar-refractivity contribution is 0.598. The second-order valence-electron chi connectivity index (χ2n) is 4.13. The molecule has 0 saturated heterocycles. The minimum absolute atomic E-state index is 0.110. The molecule has 1 unspecified atom stereocenters. The Labute approximate surface area is 103 Å². The van der Waals surface area contributed by atoms with E-state index in [0.717, 1.165) is 17.9 Å². The normalized spacial score (nSPS) is 13.1. The maximum absolute atomic E-state index is 11.1.